The van der Waals surface area contributed by atoms with E-state index in [9.17, 15) is 4.79 Å². The summed E-state index contributed by atoms with van der Waals surface area (Å²) in [6.45, 7) is 4.39. The Labute approximate surface area is 170 Å². The van der Waals surface area contributed by atoms with Gasteiger partial charge in [-0.15, -0.1) is 0 Å². The molecule has 5 rings (SSSR count). The molecule has 0 fully saturated rings. The largest absolute Gasteiger partial charge is 0.328 e. The minimum absolute atomic E-state index is 0.181. The highest BCUT2D eigenvalue weighted by molar-refractivity contribution is 6.00. The molecule has 2 heterocycles. The van der Waals surface area contributed by atoms with Gasteiger partial charge in [0, 0.05) is 17.7 Å². The first-order valence-corrected chi connectivity index (χ1v) is 10.2. The number of carbonyl (C=O) groups is 1. The monoisotopic (exact) mass is 384 g/mol. The first kappa shape index (κ1) is 17.9. The van der Waals surface area contributed by atoms with Crippen molar-refractivity contribution in [3.05, 3.63) is 88.9 Å². The number of hydrogen-bond acceptors (Lipinski definition) is 4. The Bertz CT molecular complexity index is 1080. The van der Waals surface area contributed by atoms with Crippen molar-refractivity contribution in [3.8, 4) is 0 Å². The maximum atomic E-state index is 13.3. The quantitative estimate of drug-likeness (QED) is 0.703. The van der Waals surface area contributed by atoms with Gasteiger partial charge in [-0.05, 0) is 34.9 Å². The van der Waals surface area contributed by atoms with Crippen molar-refractivity contribution in [2.45, 2.75) is 44.6 Å². The Balaban J connectivity index is 1.53. The summed E-state index contributed by atoms with van der Waals surface area (Å²) >= 11 is 0. The third-order valence-electron chi connectivity index (χ3n) is 6.05. The van der Waals surface area contributed by atoms with E-state index < -0.39 is 0 Å². The number of allylic oxidation sites excluding steroid dienone is 2. The van der Waals surface area contributed by atoms with Gasteiger partial charge in [-0.1, -0.05) is 68.4 Å². The first-order valence-electron chi connectivity index (χ1n) is 10.2. The topological polar surface area (TPSA) is 59.8 Å². The second-order valence-electron chi connectivity index (χ2n) is 8.21. The molecule has 1 aliphatic heterocycles. The number of carbonyl (C=O) groups excluding carboxylic acids is 1. The molecule has 1 aliphatic carbocycles. The molecule has 0 radical (unpaired) electrons. The third-order valence-corrected chi connectivity index (χ3v) is 6.05. The van der Waals surface area contributed by atoms with Crippen LogP contribution in [-0.2, 0) is 4.79 Å². The predicted molar refractivity (Wildman–Crippen MR) is 113 cm³/mol. The molecule has 2 aliphatic rings. The van der Waals surface area contributed by atoms with Crippen LogP contribution >= 0.6 is 0 Å². The van der Waals surface area contributed by atoms with Crippen molar-refractivity contribution in [2.24, 2.45) is 0 Å². The summed E-state index contributed by atoms with van der Waals surface area (Å²) in [5, 5.41) is 7.79. The molecule has 0 saturated carbocycles. The molecular formula is C24H24N4O. The second kappa shape index (κ2) is 6.99. The molecule has 29 heavy (non-hydrogen) atoms. The highest BCUT2D eigenvalue weighted by Crippen LogP contribution is 2.43. The van der Waals surface area contributed by atoms with Crippen LogP contribution in [-0.4, -0.2) is 20.5 Å². The maximum absolute atomic E-state index is 13.3. The number of anilines is 1. The van der Waals surface area contributed by atoms with E-state index in [0.717, 1.165) is 23.3 Å². The minimum Gasteiger partial charge on any atom is -0.328 e. The van der Waals surface area contributed by atoms with Crippen molar-refractivity contribution in [1.29, 1.82) is 0 Å². The Hall–Kier alpha value is -3.21. The van der Waals surface area contributed by atoms with E-state index in [1.807, 2.05) is 22.9 Å². The number of ketones is 1. The average Bonchev–Trinajstić information content (AvgIpc) is 3.21. The molecule has 0 bridgehead atoms. The summed E-state index contributed by atoms with van der Waals surface area (Å²) < 4.78 is 1.82. The molecule has 1 aromatic heterocycles. The van der Waals surface area contributed by atoms with Crippen molar-refractivity contribution in [2.75, 3.05) is 5.32 Å². The maximum Gasteiger partial charge on any atom is 0.226 e. The fraction of sp³-hybridized carbons (Fsp3) is 0.292. The van der Waals surface area contributed by atoms with E-state index in [0.29, 0.717) is 18.3 Å². The first-order chi connectivity index (χ1) is 14.1. The van der Waals surface area contributed by atoms with Gasteiger partial charge < -0.3 is 5.32 Å². The van der Waals surface area contributed by atoms with E-state index in [1.165, 1.54) is 11.1 Å². The zero-order valence-electron chi connectivity index (χ0n) is 16.7. The highest BCUT2D eigenvalue weighted by atomic mass is 16.1. The fourth-order valence-corrected chi connectivity index (χ4v) is 4.48. The smallest absolute Gasteiger partial charge is 0.226 e. The molecule has 0 saturated heterocycles. The van der Waals surface area contributed by atoms with E-state index in [1.54, 1.807) is 6.33 Å². The number of Topliss-reactive ketones (excluding diaryl/α,β-unsaturated/α-hetero) is 1. The zero-order valence-corrected chi connectivity index (χ0v) is 16.7. The van der Waals surface area contributed by atoms with Crippen molar-refractivity contribution in [3.63, 3.8) is 0 Å². The Morgan fingerprint density at radius 1 is 1.00 bits per heavy atom. The predicted octanol–water partition coefficient (Wildman–Crippen LogP) is 4.82. The van der Waals surface area contributed by atoms with Gasteiger partial charge in [0.2, 0.25) is 5.95 Å². The summed E-state index contributed by atoms with van der Waals surface area (Å²) in [5.41, 5.74) is 5.40. The van der Waals surface area contributed by atoms with Crippen LogP contribution in [0.2, 0.25) is 0 Å². The fourth-order valence-electron chi connectivity index (χ4n) is 4.48. The Morgan fingerprint density at radius 2 is 1.76 bits per heavy atom. The van der Waals surface area contributed by atoms with Crippen LogP contribution in [0, 0.1) is 0 Å². The van der Waals surface area contributed by atoms with Crippen LogP contribution in [0.25, 0.3) is 0 Å². The number of hydrogen-bond donors (Lipinski definition) is 1. The van der Waals surface area contributed by atoms with Gasteiger partial charge in [0.05, 0.1) is 0 Å². The SMILES string of the molecule is CC(C)c1ccc(C2CC(=O)C3=C(C2)Nc2ncnn2C3c2ccccc2)cc1. The summed E-state index contributed by atoms with van der Waals surface area (Å²) in [5.74, 6) is 1.57. The van der Waals surface area contributed by atoms with Gasteiger partial charge in [0.15, 0.2) is 5.78 Å². The molecule has 2 unspecified atom stereocenters. The Kier molecular flexibility index (Phi) is 4.31. The molecule has 5 heteroatoms. The molecule has 0 spiro atoms. The molecule has 146 valence electrons. The van der Waals surface area contributed by atoms with Gasteiger partial charge in [-0.2, -0.15) is 10.1 Å². The van der Waals surface area contributed by atoms with E-state index in [-0.39, 0.29) is 17.7 Å². The lowest BCUT2D eigenvalue weighted by Crippen LogP contribution is -2.33. The van der Waals surface area contributed by atoms with Crippen LogP contribution in [0.3, 0.4) is 0 Å². The van der Waals surface area contributed by atoms with Crippen LogP contribution in [0.15, 0.2) is 72.2 Å². The summed E-state index contributed by atoms with van der Waals surface area (Å²) in [6, 6.07) is 18.6. The second-order valence-corrected chi connectivity index (χ2v) is 8.21. The molecule has 3 aromatic rings. The van der Waals surface area contributed by atoms with E-state index in [4.69, 9.17) is 0 Å². The number of fused-ring (bicyclic) bond motifs is 1. The van der Waals surface area contributed by atoms with Gasteiger partial charge in [0.1, 0.15) is 12.4 Å². The standard InChI is InChI=1S/C24H24N4O/c1-15(2)16-8-10-17(11-9-16)19-12-20-22(21(29)13-19)23(18-6-4-3-5-7-18)28-24(27-20)25-14-26-28/h3-11,14-15,19,23H,12-13H2,1-2H3,(H,25,26,27). The normalized spacial score (nSPS) is 21.0. The summed E-state index contributed by atoms with van der Waals surface area (Å²) in [4.78, 5) is 17.7. The molecule has 1 N–H and O–H groups in total. The van der Waals surface area contributed by atoms with Gasteiger partial charge in [-0.25, -0.2) is 4.68 Å². The summed E-state index contributed by atoms with van der Waals surface area (Å²) in [7, 11) is 0. The lowest BCUT2D eigenvalue weighted by molar-refractivity contribution is -0.116. The number of benzene rings is 2. The summed E-state index contributed by atoms with van der Waals surface area (Å²) in [6.07, 6.45) is 2.87. The van der Waals surface area contributed by atoms with Crippen LogP contribution in [0.4, 0.5) is 5.95 Å². The van der Waals surface area contributed by atoms with Crippen LogP contribution in [0.1, 0.15) is 61.3 Å². The lowest BCUT2D eigenvalue weighted by Gasteiger charge is -2.35. The molecular weight excluding hydrogens is 360 g/mol. The van der Waals surface area contributed by atoms with Crippen molar-refractivity contribution < 1.29 is 4.79 Å². The minimum atomic E-state index is -0.221. The van der Waals surface area contributed by atoms with Crippen LogP contribution < -0.4 is 5.32 Å². The number of aromatic nitrogens is 3. The van der Waals surface area contributed by atoms with Gasteiger partial charge in [0.25, 0.3) is 0 Å². The zero-order chi connectivity index (χ0) is 20.0. The third kappa shape index (κ3) is 3.07. The number of rotatable bonds is 3. The van der Waals surface area contributed by atoms with Gasteiger partial charge >= 0.3 is 0 Å². The average molecular weight is 384 g/mol. The Morgan fingerprint density at radius 3 is 2.48 bits per heavy atom. The van der Waals surface area contributed by atoms with E-state index in [2.05, 4.69) is 65.6 Å². The van der Waals surface area contributed by atoms with Crippen molar-refractivity contribution in [1.82, 2.24) is 14.8 Å². The lowest BCUT2D eigenvalue weighted by atomic mass is 9.77. The highest BCUT2D eigenvalue weighted by Gasteiger charge is 2.39. The number of nitrogens with one attached hydrogen (secondary N) is 1. The van der Waals surface area contributed by atoms with Crippen molar-refractivity contribution >= 4 is 11.7 Å². The van der Waals surface area contributed by atoms with Gasteiger partial charge in [-0.3, -0.25) is 4.79 Å². The molecule has 5 nitrogen and oxygen atoms in total. The van der Waals surface area contributed by atoms with E-state index >= 15 is 0 Å². The molecule has 2 aromatic carbocycles. The number of nitrogens with zero attached hydrogens (tertiary/aromatic N) is 3. The molecule has 0 amide bonds. The molecule has 2 atom stereocenters. The van der Waals surface area contributed by atoms with Crippen LogP contribution in [0.5, 0.6) is 0 Å².